The Bertz CT molecular complexity index is 598. The van der Waals surface area contributed by atoms with Crippen molar-refractivity contribution in [3.63, 3.8) is 0 Å². The maximum atomic E-state index is 11.8. The molecule has 0 saturated carbocycles. The molecule has 1 atom stereocenters. The maximum absolute atomic E-state index is 11.8. The Morgan fingerprint density at radius 1 is 1.00 bits per heavy atom. The lowest BCUT2D eigenvalue weighted by Crippen LogP contribution is -2.55. The standard InChI is InChI=1S/C16H18N2O2/c17-15(20)16(18,10-12-6-2-1-3-7-12)11-13-8-4-5-9-14(13)19/h1-9,19H,10-11,18H2,(H2,17,20). The summed E-state index contributed by atoms with van der Waals surface area (Å²) in [5.74, 6) is -0.457. The zero-order chi connectivity index (χ0) is 14.6. The third kappa shape index (κ3) is 3.16. The highest BCUT2D eigenvalue weighted by atomic mass is 16.3. The first kappa shape index (κ1) is 14.1. The number of primary amides is 1. The van der Waals surface area contributed by atoms with Gasteiger partial charge in [0.05, 0.1) is 0 Å². The van der Waals surface area contributed by atoms with Gasteiger partial charge in [-0.1, -0.05) is 48.5 Å². The van der Waals surface area contributed by atoms with E-state index in [4.69, 9.17) is 11.5 Å². The fourth-order valence-corrected chi connectivity index (χ4v) is 2.20. The first-order valence-corrected chi connectivity index (χ1v) is 6.41. The quantitative estimate of drug-likeness (QED) is 0.766. The normalized spacial score (nSPS) is 13.7. The van der Waals surface area contributed by atoms with Crippen LogP contribution in [-0.4, -0.2) is 16.6 Å². The summed E-state index contributed by atoms with van der Waals surface area (Å²) in [6.07, 6.45) is 0.529. The van der Waals surface area contributed by atoms with Gasteiger partial charge in [-0.3, -0.25) is 4.79 Å². The largest absolute Gasteiger partial charge is 0.508 e. The molecule has 0 aromatic heterocycles. The lowest BCUT2D eigenvalue weighted by Gasteiger charge is -2.26. The van der Waals surface area contributed by atoms with E-state index in [2.05, 4.69) is 0 Å². The number of phenolic OH excluding ortho intramolecular Hbond substituents is 1. The molecular formula is C16H18N2O2. The van der Waals surface area contributed by atoms with E-state index in [1.807, 2.05) is 30.3 Å². The number of amides is 1. The SMILES string of the molecule is NC(=O)C(N)(Cc1ccccc1)Cc1ccccc1O. The van der Waals surface area contributed by atoms with Crippen LogP contribution >= 0.6 is 0 Å². The molecule has 0 radical (unpaired) electrons. The summed E-state index contributed by atoms with van der Waals surface area (Å²) < 4.78 is 0. The number of phenols is 1. The van der Waals surface area contributed by atoms with Crippen LogP contribution in [0.1, 0.15) is 11.1 Å². The number of carbonyl (C=O) groups is 1. The van der Waals surface area contributed by atoms with Crippen molar-refractivity contribution in [2.75, 3.05) is 0 Å². The number of nitrogens with two attached hydrogens (primary N) is 2. The molecule has 2 aromatic carbocycles. The molecular weight excluding hydrogens is 252 g/mol. The molecule has 0 aliphatic rings. The van der Waals surface area contributed by atoms with Crippen LogP contribution in [-0.2, 0) is 17.6 Å². The Kier molecular flexibility index (Phi) is 4.05. The van der Waals surface area contributed by atoms with Crippen LogP contribution in [0.4, 0.5) is 0 Å². The number of benzene rings is 2. The van der Waals surface area contributed by atoms with Crippen LogP contribution in [0.15, 0.2) is 54.6 Å². The molecule has 5 N–H and O–H groups in total. The monoisotopic (exact) mass is 270 g/mol. The third-order valence-electron chi connectivity index (χ3n) is 3.35. The number of aromatic hydroxyl groups is 1. The summed E-state index contributed by atoms with van der Waals surface area (Å²) in [6.45, 7) is 0. The van der Waals surface area contributed by atoms with Crippen LogP contribution in [0.3, 0.4) is 0 Å². The lowest BCUT2D eigenvalue weighted by molar-refractivity contribution is -0.123. The Labute approximate surface area is 118 Å². The number of hydrogen-bond donors (Lipinski definition) is 3. The second-order valence-electron chi connectivity index (χ2n) is 4.99. The molecule has 0 aliphatic heterocycles. The molecule has 1 unspecified atom stereocenters. The lowest BCUT2D eigenvalue weighted by atomic mass is 9.84. The predicted molar refractivity (Wildman–Crippen MR) is 78.1 cm³/mol. The minimum Gasteiger partial charge on any atom is -0.508 e. The summed E-state index contributed by atoms with van der Waals surface area (Å²) in [7, 11) is 0. The molecule has 2 rings (SSSR count). The van der Waals surface area contributed by atoms with Gasteiger partial charge in [-0.05, 0) is 23.6 Å². The summed E-state index contributed by atoms with van der Waals surface area (Å²) in [5, 5.41) is 9.81. The topological polar surface area (TPSA) is 89.3 Å². The van der Waals surface area contributed by atoms with Gasteiger partial charge in [0.25, 0.3) is 0 Å². The molecule has 0 aliphatic carbocycles. The van der Waals surface area contributed by atoms with Crippen molar-refractivity contribution in [1.82, 2.24) is 0 Å². The van der Waals surface area contributed by atoms with Crippen LogP contribution in [0.5, 0.6) is 5.75 Å². The number of para-hydroxylation sites is 1. The first-order valence-electron chi connectivity index (χ1n) is 6.41. The Morgan fingerprint density at radius 3 is 2.20 bits per heavy atom. The average molecular weight is 270 g/mol. The molecule has 0 bridgehead atoms. The molecule has 104 valence electrons. The van der Waals surface area contributed by atoms with E-state index in [1.165, 1.54) is 0 Å². The van der Waals surface area contributed by atoms with E-state index in [-0.39, 0.29) is 12.2 Å². The van der Waals surface area contributed by atoms with Crippen LogP contribution in [0, 0.1) is 0 Å². The highest BCUT2D eigenvalue weighted by Crippen LogP contribution is 2.23. The number of hydrogen-bond acceptors (Lipinski definition) is 3. The van der Waals surface area contributed by atoms with Crippen molar-refractivity contribution < 1.29 is 9.90 Å². The Balaban J connectivity index is 2.26. The maximum Gasteiger partial charge on any atom is 0.238 e. The van der Waals surface area contributed by atoms with Crippen molar-refractivity contribution >= 4 is 5.91 Å². The zero-order valence-corrected chi connectivity index (χ0v) is 11.1. The average Bonchev–Trinajstić information content (AvgIpc) is 2.42. The smallest absolute Gasteiger partial charge is 0.238 e. The van der Waals surface area contributed by atoms with Gasteiger partial charge in [0.15, 0.2) is 0 Å². The van der Waals surface area contributed by atoms with E-state index in [9.17, 15) is 9.90 Å². The Hall–Kier alpha value is -2.33. The molecule has 0 spiro atoms. The van der Waals surface area contributed by atoms with Gasteiger partial charge in [0.2, 0.25) is 5.91 Å². The molecule has 2 aromatic rings. The summed E-state index contributed by atoms with van der Waals surface area (Å²) in [4.78, 5) is 11.8. The molecule has 0 saturated heterocycles. The molecule has 4 nitrogen and oxygen atoms in total. The zero-order valence-electron chi connectivity index (χ0n) is 11.1. The van der Waals surface area contributed by atoms with Crippen molar-refractivity contribution in [3.8, 4) is 5.75 Å². The van der Waals surface area contributed by atoms with Gasteiger partial charge in [-0.25, -0.2) is 0 Å². The van der Waals surface area contributed by atoms with E-state index in [0.29, 0.717) is 12.0 Å². The second-order valence-corrected chi connectivity index (χ2v) is 4.99. The second kappa shape index (κ2) is 5.75. The summed E-state index contributed by atoms with van der Waals surface area (Å²) in [6, 6.07) is 16.3. The molecule has 0 heterocycles. The van der Waals surface area contributed by atoms with Gasteiger partial charge in [0, 0.05) is 6.42 Å². The highest BCUT2D eigenvalue weighted by molar-refractivity contribution is 5.85. The van der Waals surface area contributed by atoms with Gasteiger partial charge >= 0.3 is 0 Å². The van der Waals surface area contributed by atoms with Crippen molar-refractivity contribution in [3.05, 3.63) is 65.7 Å². The minimum atomic E-state index is -1.22. The number of carbonyl (C=O) groups excluding carboxylic acids is 1. The van der Waals surface area contributed by atoms with Gasteiger partial charge < -0.3 is 16.6 Å². The molecule has 20 heavy (non-hydrogen) atoms. The molecule has 1 amide bonds. The van der Waals surface area contributed by atoms with Gasteiger partial charge in [-0.15, -0.1) is 0 Å². The van der Waals surface area contributed by atoms with E-state index >= 15 is 0 Å². The number of rotatable bonds is 5. The van der Waals surface area contributed by atoms with Crippen LogP contribution in [0.25, 0.3) is 0 Å². The summed E-state index contributed by atoms with van der Waals surface area (Å²) >= 11 is 0. The molecule has 0 fully saturated rings. The third-order valence-corrected chi connectivity index (χ3v) is 3.35. The van der Waals surface area contributed by atoms with Crippen LogP contribution < -0.4 is 11.5 Å². The first-order chi connectivity index (χ1) is 9.51. The predicted octanol–water partition coefficient (Wildman–Crippen LogP) is 1.36. The van der Waals surface area contributed by atoms with Gasteiger partial charge in [-0.2, -0.15) is 0 Å². The molecule has 4 heteroatoms. The van der Waals surface area contributed by atoms with Crippen molar-refractivity contribution in [1.29, 1.82) is 0 Å². The van der Waals surface area contributed by atoms with E-state index in [0.717, 1.165) is 5.56 Å². The van der Waals surface area contributed by atoms with Crippen LogP contribution in [0.2, 0.25) is 0 Å². The fraction of sp³-hybridized carbons (Fsp3) is 0.188. The van der Waals surface area contributed by atoms with E-state index in [1.54, 1.807) is 24.3 Å². The minimum absolute atomic E-state index is 0.122. The Morgan fingerprint density at radius 2 is 1.60 bits per heavy atom. The van der Waals surface area contributed by atoms with E-state index < -0.39 is 11.4 Å². The fourth-order valence-electron chi connectivity index (χ4n) is 2.20. The highest BCUT2D eigenvalue weighted by Gasteiger charge is 2.33. The van der Waals surface area contributed by atoms with Crippen molar-refractivity contribution in [2.45, 2.75) is 18.4 Å². The van der Waals surface area contributed by atoms with Crippen molar-refractivity contribution in [2.24, 2.45) is 11.5 Å². The van der Waals surface area contributed by atoms with Gasteiger partial charge in [0.1, 0.15) is 11.3 Å². The summed E-state index contributed by atoms with van der Waals surface area (Å²) in [5.41, 5.74) is 12.0.